The van der Waals surface area contributed by atoms with E-state index in [1.807, 2.05) is 31.2 Å². The van der Waals surface area contributed by atoms with Gasteiger partial charge in [0.25, 0.3) is 5.91 Å². The SMILES string of the molecule is CC(C)c1ccc(OCC(=O)N2CCC(O)C(C)C2)cc1. The first-order chi connectivity index (χ1) is 9.97. The molecule has 2 rings (SSSR count). The van der Waals surface area contributed by atoms with Gasteiger partial charge in [0.2, 0.25) is 0 Å². The van der Waals surface area contributed by atoms with E-state index in [2.05, 4.69) is 13.8 Å². The van der Waals surface area contributed by atoms with Crippen molar-refractivity contribution < 1.29 is 14.6 Å². The van der Waals surface area contributed by atoms with Crippen LogP contribution in [-0.4, -0.2) is 41.7 Å². The zero-order valence-electron chi connectivity index (χ0n) is 13.1. The average molecular weight is 291 g/mol. The lowest BCUT2D eigenvalue weighted by molar-refractivity contribution is -0.136. The van der Waals surface area contributed by atoms with Gasteiger partial charge in [0, 0.05) is 13.1 Å². The smallest absolute Gasteiger partial charge is 0.260 e. The van der Waals surface area contributed by atoms with Crippen molar-refractivity contribution in [2.75, 3.05) is 19.7 Å². The lowest BCUT2D eigenvalue weighted by atomic mass is 9.97. The predicted octanol–water partition coefficient (Wildman–Crippen LogP) is 2.42. The van der Waals surface area contributed by atoms with Crippen molar-refractivity contribution in [3.8, 4) is 5.75 Å². The van der Waals surface area contributed by atoms with Gasteiger partial charge in [-0.25, -0.2) is 0 Å². The molecule has 2 unspecified atom stereocenters. The number of rotatable bonds is 4. The Morgan fingerprint density at radius 3 is 2.62 bits per heavy atom. The second kappa shape index (κ2) is 6.94. The van der Waals surface area contributed by atoms with Crippen molar-refractivity contribution in [2.45, 2.75) is 39.2 Å². The molecule has 0 aliphatic carbocycles. The van der Waals surface area contributed by atoms with Crippen LogP contribution in [0.2, 0.25) is 0 Å². The Bertz CT molecular complexity index is 469. The molecule has 1 aliphatic rings. The zero-order chi connectivity index (χ0) is 15.4. The molecule has 1 N–H and O–H groups in total. The number of aliphatic hydroxyl groups excluding tert-OH is 1. The van der Waals surface area contributed by atoms with Crippen LogP contribution in [0.5, 0.6) is 5.75 Å². The third kappa shape index (κ3) is 4.21. The van der Waals surface area contributed by atoms with Gasteiger partial charge in [0.05, 0.1) is 6.10 Å². The van der Waals surface area contributed by atoms with Crippen molar-refractivity contribution in [3.05, 3.63) is 29.8 Å². The minimum atomic E-state index is -0.293. The van der Waals surface area contributed by atoms with Gasteiger partial charge in [0.15, 0.2) is 6.61 Å². The molecular formula is C17H25NO3. The summed E-state index contributed by atoms with van der Waals surface area (Å²) < 4.78 is 5.56. The highest BCUT2D eigenvalue weighted by atomic mass is 16.5. The van der Waals surface area contributed by atoms with Crippen LogP contribution in [0.15, 0.2) is 24.3 Å². The lowest BCUT2D eigenvalue weighted by Crippen LogP contribution is -2.46. The number of likely N-dealkylation sites (tertiary alicyclic amines) is 1. The second-order valence-corrected chi connectivity index (χ2v) is 6.19. The van der Waals surface area contributed by atoms with E-state index < -0.39 is 0 Å². The largest absolute Gasteiger partial charge is 0.484 e. The number of benzene rings is 1. The van der Waals surface area contributed by atoms with E-state index in [0.29, 0.717) is 25.4 Å². The summed E-state index contributed by atoms with van der Waals surface area (Å²) in [7, 11) is 0. The molecule has 21 heavy (non-hydrogen) atoms. The highest BCUT2D eigenvalue weighted by molar-refractivity contribution is 5.77. The quantitative estimate of drug-likeness (QED) is 0.927. The Balaban J connectivity index is 1.83. The topological polar surface area (TPSA) is 49.8 Å². The minimum Gasteiger partial charge on any atom is -0.484 e. The van der Waals surface area contributed by atoms with E-state index in [4.69, 9.17) is 4.74 Å². The van der Waals surface area contributed by atoms with Gasteiger partial charge < -0.3 is 14.7 Å². The average Bonchev–Trinajstić information content (AvgIpc) is 2.48. The summed E-state index contributed by atoms with van der Waals surface area (Å²) in [6, 6.07) is 7.88. The molecule has 1 amide bonds. The standard InChI is InChI=1S/C17H25NO3/c1-12(2)14-4-6-15(7-5-14)21-11-17(20)18-9-8-16(19)13(3)10-18/h4-7,12-13,16,19H,8-11H2,1-3H3. The van der Waals surface area contributed by atoms with Crippen LogP contribution >= 0.6 is 0 Å². The van der Waals surface area contributed by atoms with Gasteiger partial charge in [0.1, 0.15) is 5.75 Å². The van der Waals surface area contributed by atoms with Gasteiger partial charge >= 0.3 is 0 Å². The second-order valence-electron chi connectivity index (χ2n) is 6.19. The maximum atomic E-state index is 12.1. The summed E-state index contributed by atoms with van der Waals surface area (Å²) >= 11 is 0. The van der Waals surface area contributed by atoms with Crippen LogP contribution in [0.1, 0.15) is 38.7 Å². The Hall–Kier alpha value is -1.55. The van der Waals surface area contributed by atoms with Gasteiger partial charge in [-0.15, -0.1) is 0 Å². The van der Waals surface area contributed by atoms with Crippen LogP contribution in [0, 0.1) is 5.92 Å². The molecule has 0 saturated carbocycles. The molecule has 1 saturated heterocycles. The molecule has 0 spiro atoms. The summed E-state index contributed by atoms with van der Waals surface area (Å²) in [6.45, 7) is 7.53. The molecule has 0 radical (unpaired) electrons. The highest BCUT2D eigenvalue weighted by Crippen LogP contribution is 2.19. The van der Waals surface area contributed by atoms with Crippen LogP contribution in [0.3, 0.4) is 0 Å². The predicted molar refractivity (Wildman–Crippen MR) is 82.4 cm³/mol. The third-order valence-electron chi connectivity index (χ3n) is 4.12. The number of ether oxygens (including phenoxy) is 1. The van der Waals surface area contributed by atoms with E-state index in [1.54, 1.807) is 4.90 Å². The van der Waals surface area contributed by atoms with Crippen molar-refractivity contribution in [3.63, 3.8) is 0 Å². The highest BCUT2D eigenvalue weighted by Gasteiger charge is 2.27. The molecule has 1 aromatic rings. The van der Waals surface area contributed by atoms with E-state index in [0.717, 1.165) is 5.75 Å². The number of carbonyl (C=O) groups is 1. The number of hydrogen-bond donors (Lipinski definition) is 1. The van der Waals surface area contributed by atoms with Crippen molar-refractivity contribution in [2.24, 2.45) is 5.92 Å². The lowest BCUT2D eigenvalue weighted by Gasteiger charge is -2.34. The molecule has 1 fully saturated rings. The number of piperidine rings is 1. The summed E-state index contributed by atoms with van der Waals surface area (Å²) in [4.78, 5) is 13.9. The molecule has 1 aromatic carbocycles. The van der Waals surface area contributed by atoms with E-state index in [1.165, 1.54) is 5.56 Å². The van der Waals surface area contributed by atoms with E-state index >= 15 is 0 Å². The summed E-state index contributed by atoms with van der Waals surface area (Å²) in [5, 5.41) is 9.69. The fraction of sp³-hybridized carbons (Fsp3) is 0.588. The molecule has 1 aliphatic heterocycles. The number of hydrogen-bond acceptors (Lipinski definition) is 3. The first-order valence-electron chi connectivity index (χ1n) is 7.66. The molecule has 0 aromatic heterocycles. The molecule has 2 atom stereocenters. The van der Waals surface area contributed by atoms with Crippen LogP contribution in [-0.2, 0) is 4.79 Å². The van der Waals surface area contributed by atoms with Crippen molar-refractivity contribution in [1.29, 1.82) is 0 Å². The molecule has 4 nitrogen and oxygen atoms in total. The van der Waals surface area contributed by atoms with Gasteiger partial charge in [-0.2, -0.15) is 0 Å². The monoisotopic (exact) mass is 291 g/mol. The third-order valence-corrected chi connectivity index (χ3v) is 4.12. The molecule has 4 heteroatoms. The maximum absolute atomic E-state index is 12.1. The molecule has 0 bridgehead atoms. The van der Waals surface area contributed by atoms with Crippen LogP contribution in [0.4, 0.5) is 0 Å². The molecule has 116 valence electrons. The summed E-state index contributed by atoms with van der Waals surface area (Å²) in [5.41, 5.74) is 1.26. The maximum Gasteiger partial charge on any atom is 0.260 e. The number of nitrogens with zero attached hydrogens (tertiary/aromatic N) is 1. The van der Waals surface area contributed by atoms with Crippen molar-refractivity contribution in [1.82, 2.24) is 4.90 Å². The number of amides is 1. The van der Waals surface area contributed by atoms with E-state index in [9.17, 15) is 9.90 Å². The summed E-state index contributed by atoms with van der Waals surface area (Å²) in [5.74, 6) is 1.33. The number of carbonyl (C=O) groups excluding carboxylic acids is 1. The minimum absolute atomic E-state index is 0.0123. The summed E-state index contributed by atoms with van der Waals surface area (Å²) in [6.07, 6.45) is 0.356. The normalized spacial score (nSPS) is 22.4. The van der Waals surface area contributed by atoms with E-state index in [-0.39, 0.29) is 24.5 Å². The van der Waals surface area contributed by atoms with Crippen LogP contribution < -0.4 is 4.74 Å². The fourth-order valence-electron chi connectivity index (χ4n) is 2.55. The van der Waals surface area contributed by atoms with Crippen molar-refractivity contribution >= 4 is 5.91 Å². The van der Waals surface area contributed by atoms with Gasteiger partial charge in [-0.1, -0.05) is 32.9 Å². The Kier molecular flexibility index (Phi) is 5.23. The Labute approximate surface area is 126 Å². The van der Waals surface area contributed by atoms with Crippen LogP contribution in [0.25, 0.3) is 0 Å². The first kappa shape index (κ1) is 15.8. The van der Waals surface area contributed by atoms with Gasteiger partial charge in [-0.05, 0) is 36.0 Å². The van der Waals surface area contributed by atoms with Gasteiger partial charge in [-0.3, -0.25) is 4.79 Å². The number of aliphatic hydroxyl groups is 1. The Morgan fingerprint density at radius 1 is 1.38 bits per heavy atom. The zero-order valence-corrected chi connectivity index (χ0v) is 13.1. The first-order valence-corrected chi connectivity index (χ1v) is 7.66. The molecular weight excluding hydrogens is 266 g/mol. The molecule has 1 heterocycles. The Morgan fingerprint density at radius 2 is 2.05 bits per heavy atom. The fourth-order valence-corrected chi connectivity index (χ4v) is 2.55.